The number of hydrogen-bond donors (Lipinski definition) is 2. The van der Waals surface area contributed by atoms with E-state index in [9.17, 15) is 4.39 Å². The molecule has 2 aromatic heterocycles. The van der Waals surface area contributed by atoms with Crippen molar-refractivity contribution in [3.63, 3.8) is 0 Å². The summed E-state index contributed by atoms with van der Waals surface area (Å²) < 4.78 is 13.5. The first kappa shape index (κ1) is 22.2. The SMILES string of the molecule is CN1CCN(c2ncc(-c3ccc(Nc4cccc(-c5nc6cc(F)ccc6[nH]5)c4)cc3)cn2)CC1. The van der Waals surface area contributed by atoms with E-state index in [-0.39, 0.29) is 5.82 Å². The van der Waals surface area contributed by atoms with Crippen molar-refractivity contribution in [2.24, 2.45) is 0 Å². The molecular weight excluding hydrogens is 453 g/mol. The Hall–Kier alpha value is -4.30. The van der Waals surface area contributed by atoms with Crippen molar-refractivity contribution >= 4 is 28.4 Å². The second-order valence-corrected chi connectivity index (χ2v) is 9.09. The quantitative estimate of drug-likeness (QED) is 0.355. The number of likely N-dealkylation sites (N-methyl/N-ethyl adjacent to an activating group) is 1. The number of nitrogens with zero attached hydrogens (tertiary/aromatic N) is 5. The molecule has 0 radical (unpaired) electrons. The van der Waals surface area contributed by atoms with Crippen LogP contribution in [-0.2, 0) is 0 Å². The van der Waals surface area contributed by atoms with Gasteiger partial charge in [-0.1, -0.05) is 24.3 Å². The number of aromatic nitrogens is 4. The number of benzene rings is 3. The van der Waals surface area contributed by atoms with Gasteiger partial charge in [-0.25, -0.2) is 19.3 Å². The largest absolute Gasteiger partial charge is 0.356 e. The molecule has 5 aromatic rings. The standard InChI is InChI=1S/C28H26FN7/c1-35-11-13-36(14-12-35)28-30-17-21(18-31-28)19-5-8-23(9-6-19)32-24-4-2-3-20(15-24)27-33-25-10-7-22(29)16-26(25)34-27/h2-10,15-18,32H,11-14H2,1H3,(H,33,34). The fourth-order valence-electron chi connectivity index (χ4n) is 4.41. The first-order chi connectivity index (χ1) is 17.6. The van der Waals surface area contributed by atoms with E-state index in [4.69, 9.17) is 0 Å². The predicted octanol–water partition coefficient (Wildman–Crippen LogP) is 5.32. The summed E-state index contributed by atoms with van der Waals surface area (Å²) in [6.45, 7) is 3.96. The number of nitrogens with one attached hydrogen (secondary N) is 2. The minimum absolute atomic E-state index is 0.294. The molecule has 8 heteroatoms. The smallest absolute Gasteiger partial charge is 0.225 e. The van der Waals surface area contributed by atoms with Gasteiger partial charge in [-0.05, 0) is 49.0 Å². The van der Waals surface area contributed by atoms with Crippen molar-refractivity contribution in [2.75, 3.05) is 43.4 Å². The number of H-pyrrole nitrogens is 1. The lowest BCUT2D eigenvalue weighted by Crippen LogP contribution is -2.45. The van der Waals surface area contributed by atoms with Gasteiger partial charge in [-0.2, -0.15) is 0 Å². The Morgan fingerprint density at radius 2 is 1.58 bits per heavy atom. The van der Waals surface area contributed by atoms with Gasteiger partial charge in [-0.3, -0.25) is 0 Å². The average molecular weight is 480 g/mol. The van der Waals surface area contributed by atoms with Crippen LogP contribution in [0.1, 0.15) is 0 Å². The first-order valence-corrected chi connectivity index (χ1v) is 12.0. The van der Waals surface area contributed by atoms with Crippen LogP contribution in [0.25, 0.3) is 33.5 Å². The molecule has 7 nitrogen and oxygen atoms in total. The van der Waals surface area contributed by atoms with Crippen molar-refractivity contribution in [3.05, 3.63) is 84.9 Å². The van der Waals surface area contributed by atoms with Gasteiger partial charge in [0.2, 0.25) is 5.95 Å². The molecular formula is C28H26FN7. The van der Waals surface area contributed by atoms with Crippen molar-refractivity contribution in [1.82, 2.24) is 24.8 Å². The van der Waals surface area contributed by atoms with Gasteiger partial charge in [0.15, 0.2) is 0 Å². The topological polar surface area (TPSA) is 73.0 Å². The minimum atomic E-state index is -0.294. The predicted molar refractivity (Wildman–Crippen MR) is 142 cm³/mol. The summed E-state index contributed by atoms with van der Waals surface area (Å²) in [7, 11) is 2.14. The van der Waals surface area contributed by atoms with Crippen LogP contribution in [0.4, 0.5) is 21.7 Å². The minimum Gasteiger partial charge on any atom is -0.356 e. The van der Waals surface area contributed by atoms with Crippen molar-refractivity contribution in [3.8, 4) is 22.5 Å². The third kappa shape index (κ3) is 4.63. The zero-order valence-corrected chi connectivity index (χ0v) is 19.9. The number of anilines is 3. The van der Waals surface area contributed by atoms with Gasteiger partial charge in [0.25, 0.3) is 0 Å². The van der Waals surface area contributed by atoms with Gasteiger partial charge in [0, 0.05) is 67.1 Å². The number of halogens is 1. The lowest BCUT2D eigenvalue weighted by Gasteiger charge is -2.32. The van der Waals surface area contributed by atoms with Crippen molar-refractivity contribution < 1.29 is 4.39 Å². The summed E-state index contributed by atoms with van der Waals surface area (Å²) in [5, 5.41) is 3.45. The Kier molecular flexibility index (Phi) is 5.79. The van der Waals surface area contributed by atoms with Crippen LogP contribution >= 0.6 is 0 Å². The molecule has 36 heavy (non-hydrogen) atoms. The monoisotopic (exact) mass is 479 g/mol. The molecule has 3 aromatic carbocycles. The van der Waals surface area contributed by atoms with E-state index in [1.807, 2.05) is 48.8 Å². The fourth-order valence-corrected chi connectivity index (χ4v) is 4.41. The number of rotatable bonds is 5. The fraction of sp³-hybridized carbons (Fsp3) is 0.179. The molecule has 0 unspecified atom stereocenters. The second-order valence-electron chi connectivity index (χ2n) is 9.09. The Bertz CT molecular complexity index is 1490. The molecule has 3 heterocycles. The van der Waals surface area contributed by atoms with Gasteiger partial charge in [-0.15, -0.1) is 0 Å². The van der Waals surface area contributed by atoms with E-state index in [1.54, 1.807) is 6.07 Å². The summed E-state index contributed by atoms with van der Waals surface area (Å²) in [6, 6.07) is 20.8. The molecule has 0 amide bonds. The number of imidazole rings is 1. The van der Waals surface area contributed by atoms with Crippen LogP contribution in [0, 0.1) is 5.82 Å². The molecule has 1 aliphatic heterocycles. The van der Waals surface area contributed by atoms with Gasteiger partial charge >= 0.3 is 0 Å². The molecule has 2 N–H and O–H groups in total. The second kappa shape index (κ2) is 9.39. The molecule has 180 valence electrons. The third-order valence-corrected chi connectivity index (χ3v) is 6.51. The normalized spacial score (nSPS) is 14.3. The number of fused-ring (bicyclic) bond motifs is 1. The van der Waals surface area contributed by atoms with E-state index in [2.05, 4.69) is 54.2 Å². The zero-order valence-electron chi connectivity index (χ0n) is 19.9. The number of hydrogen-bond acceptors (Lipinski definition) is 6. The Labute approximate surface area is 208 Å². The summed E-state index contributed by atoms with van der Waals surface area (Å²) in [5.41, 5.74) is 6.30. The van der Waals surface area contributed by atoms with Crippen LogP contribution in [0.5, 0.6) is 0 Å². The maximum Gasteiger partial charge on any atom is 0.225 e. The Morgan fingerprint density at radius 3 is 2.36 bits per heavy atom. The van der Waals surface area contributed by atoms with Crippen LogP contribution in [-0.4, -0.2) is 58.1 Å². The highest BCUT2D eigenvalue weighted by atomic mass is 19.1. The summed E-state index contributed by atoms with van der Waals surface area (Å²) >= 11 is 0. The summed E-state index contributed by atoms with van der Waals surface area (Å²) in [5.74, 6) is 1.20. The van der Waals surface area contributed by atoms with Crippen LogP contribution in [0.2, 0.25) is 0 Å². The average Bonchev–Trinajstić information content (AvgIpc) is 3.33. The first-order valence-electron chi connectivity index (χ1n) is 12.0. The third-order valence-electron chi connectivity index (χ3n) is 6.51. The molecule has 0 saturated carbocycles. The van der Waals surface area contributed by atoms with Crippen molar-refractivity contribution in [2.45, 2.75) is 0 Å². The highest BCUT2D eigenvalue weighted by Crippen LogP contribution is 2.27. The number of piperazine rings is 1. The Morgan fingerprint density at radius 1 is 0.806 bits per heavy atom. The number of aromatic amines is 1. The van der Waals surface area contributed by atoms with Gasteiger partial charge in [0.05, 0.1) is 11.0 Å². The molecule has 0 atom stereocenters. The Balaban J connectivity index is 1.15. The zero-order chi connectivity index (χ0) is 24.5. The molecule has 1 aliphatic rings. The van der Waals surface area contributed by atoms with E-state index < -0.39 is 0 Å². The molecule has 0 bridgehead atoms. The maximum absolute atomic E-state index is 13.5. The van der Waals surface area contributed by atoms with Crippen LogP contribution < -0.4 is 10.2 Å². The van der Waals surface area contributed by atoms with E-state index in [0.717, 1.165) is 65.7 Å². The highest BCUT2D eigenvalue weighted by Gasteiger charge is 2.16. The highest BCUT2D eigenvalue weighted by molar-refractivity contribution is 5.80. The van der Waals surface area contributed by atoms with E-state index in [1.165, 1.54) is 12.1 Å². The van der Waals surface area contributed by atoms with Gasteiger partial charge in [0.1, 0.15) is 11.6 Å². The van der Waals surface area contributed by atoms with Crippen LogP contribution in [0.3, 0.4) is 0 Å². The molecule has 0 spiro atoms. The van der Waals surface area contributed by atoms with E-state index in [0.29, 0.717) is 11.3 Å². The maximum atomic E-state index is 13.5. The molecule has 0 aliphatic carbocycles. The lowest BCUT2D eigenvalue weighted by molar-refractivity contribution is 0.311. The van der Waals surface area contributed by atoms with Crippen LogP contribution in [0.15, 0.2) is 79.1 Å². The van der Waals surface area contributed by atoms with E-state index >= 15 is 0 Å². The lowest BCUT2D eigenvalue weighted by atomic mass is 10.1. The summed E-state index contributed by atoms with van der Waals surface area (Å²) in [4.78, 5) is 21.6. The molecule has 1 saturated heterocycles. The summed E-state index contributed by atoms with van der Waals surface area (Å²) in [6.07, 6.45) is 3.79. The van der Waals surface area contributed by atoms with Crippen molar-refractivity contribution in [1.29, 1.82) is 0 Å². The molecule has 1 fully saturated rings. The molecule has 6 rings (SSSR count). The van der Waals surface area contributed by atoms with Gasteiger partial charge < -0.3 is 20.1 Å².